The van der Waals surface area contributed by atoms with Crippen LogP contribution in [0.25, 0.3) is 0 Å². The molecule has 1 aromatic rings. The lowest BCUT2D eigenvalue weighted by Crippen LogP contribution is -2.31. The van der Waals surface area contributed by atoms with Gasteiger partial charge in [-0.15, -0.1) is 0 Å². The van der Waals surface area contributed by atoms with Gasteiger partial charge in [0.2, 0.25) is 10.0 Å². The largest absolute Gasteiger partial charge is 0.490 e. The van der Waals surface area contributed by atoms with Crippen LogP contribution in [0, 0.1) is 0 Å². The first-order valence-corrected chi connectivity index (χ1v) is 6.76. The Labute approximate surface area is 100 Å². The van der Waals surface area contributed by atoms with Crippen LogP contribution in [0.2, 0.25) is 0 Å². The molecule has 0 fully saturated rings. The summed E-state index contributed by atoms with van der Waals surface area (Å²) in [4.78, 5) is 0. The number of sulfonamides is 1. The molecule has 0 bridgehead atoms. The molecule has 0 saturated heterocycles. The molecule has 0 aliphatic rings. The highest BCUT2D eigenvalue weighted by Crippen LogP contribution is 2.19. The Kier molecular flexibility index (Phi) is 5.20. The van der Waals surface area contributed by atoms with E-state index >= 15 is 0 Å². The van der Waals surface area contributed by atoms with E-state index in [1.165, 1.54) is 0 Å². The zero-order chi connectivity index (χ0) is 12.7. The normalized spacial score (nSPS) is 11.4. The van der Waals surface area contributed by atoms with Crippen LogP contribution in [0.5, 0.6) is 5.75 Å². The molecule has 0 aliphatic heterocycles. The Morgan fingerprint density at radius 2 is 2.06 bits per heavy atom. The third-order valence-corrected chi connectivity index (χ3v) is 3.31. The third kappa shape index (κ3) is 5.03. The SMILES string of the molecule is Nc1ccccc1OCCS(=O)(=O)NCCO. The minimum atomic E-state index is -3.40. The Bertz CT molecular complexity index is 447. The fourth-order valence-corrected chi connectivity index (χ4v) is 2.00. The highest BCUT2D eigenvalue weighted by atomic mass is 32.2. The monoisotopic (exact) mass is 260 g/mol. The van der Waals surface area contributed by atoms with E-state index in [-0.39, 0.29) is 25.5 Å². The van der Waals surface area contributed by atoms with Crippen molar-refractivity contribution in [1.29, 1.82) is 0 Å². The topological polar surface area (TPSA) is 102 Å². The van der Waals surface area contributed by atoms with Crippen molar-refractivity contribution in [2.24, 2.45) is 0 Å². The number of aliphatic hydroxyl groups excluding tert-OH is 1. The van der Waals surface area contributed by atoms with Gasteiger partial charge in [-0.3, -0.25) is 0 Å². The lowest BCUT2D eigenvalue weighted by atomic mass is 10.3. The summed E-state index contributed by atoms with van der Waals surface area (Å²) in [6.45, 7) is -0.212. The number of nitrogens with one attached hydrogen (secondary N) is 1. The lowest BCUT2D eigenvalue weighted by molar-refractivity contribution is 0.300. The van der Waals surface area contributed by atoms with E-state index in [0.29, 0.717) is 11.4 Å². The highest BCUT2D eigenvalue weighted by molar-refractivity contribution is 7.89. The zero-order valence-electron chi connectivity index (χ0n) is 9.30. The minimum Gasteiger partial charge on any atom is -0.490 e. The van der Waals surface area contributed by atoms with Gasteiger partial charge in [0.05, 0.1) is 18.0 Å². The van der Waals surface area contributed by atoms with Crippen LogP contribution >= 0.6 is 0 Å². The van der Waals surface area contributed by atoms with Crippen molar-refractivity contribution in [1.82, 2.24) is 4.72 Å². The third-order valence-electron chi connectivity index (χ3n) is 1.96. The van der Waals surface area contributed by atoms with Gasteiger partial charge in [-0.25, -0.2) is 13.1 Å². The molecule has 1 rings (SSSR count). The first-order chi connectivity index (χ1) is 8.05. The number of hydrogen-bond acceptors (Lipinski definition) is 5. The van der Waals surface area contributed by atoms with Crippen molar-refractivity contribution in [2.45, 2.75) is 0 Å². The molecule has 0 atom stereocenters. The molecule has 0 aromatic heterocycles. The summed E-state index contributed by atoms with van der Waals surface area (Å²) in [6, 6.07) is 6.86. The summed E-state index contributed by atoms with van der Waals surface area (Å²) in [5.74, 6) is 0.284. The summed E-state index contributed by atoms with van der Waals surface area (Å²) in [5, 5.41) is 8.49. The van der Waals surface area contributed by atoms with Crippen LogP contribution in [0.3, 0.4) is 0 Å². The molecule has 4 N–H and O–H groups in total. The number of nitrogen functional groups attached to an aromatic ring is 1. The Hall–Kier alpha value is -1.31. The number of para-hydroxylation sites is 2. The van der Waals surface area contributed by atoms with Crippen LogP contribution in [-0.4, -0.2) is 39.0 Å². The minimum absolute atomic E-state index is 0.00890. The molecule has 0 radical (unpaired) electrons. The van der Waals surface area contributed by atoms with E-state index in [1.807, 2.05) is 0 Å². The number of hydrogen-bond donors (Lipinski definition) is 3. The van der Waals surface area contributed by atoms with Gasteiger partial charge in [0.15, 0.2) is 0 Å². The van der Waals surface area contributed by atoms with Gasteiger partial charge < -0.3 is 15.6 Å². The first kappa shape index (κ1) is 13.8. The van der Waals surface area contributed by atoms with Crippen LogP contribution in [-0.2, 0) is 10.0 Å². The lowest BCUT2D eigenvalue weighted by Gasteiger charge is -2.09. The number of rotatable bonds is 7. The Morgan fingerprint density at radius 1 is 1.35 bits per heavy atom. The quantitative estimate of drug-likeness (QED) is 0.577. The second kappa shape index (κ2) is 6.43. The van der Waals surface area contributed by atoms with Gasteiger partial charge in [-0.05, 0) is 12.1 Å². The summed E-state index contributed by atoms with van der Waals surface area (Å²) in [5.41, 5.74) is 6.09. The average molecular weight is 260 g/mol. The second-order valence-corrected chi connectivity index (χ2v) is 5.25. The van der Waals surface area contributed by atoms with Crippen LogP contribution in [0.4, 0.5) is 5.69 Å². The van der Waals surface area contributed by atoms with Crippen molar-refractivity contribution in [3.05, 3.63) is 24.3 Å². The fraction of sp³-hybridized carbons (Fsp3) is 0.400. The van der Waals surface area contributed by atoms with E-state index in [2.05, 4.69) is 4.72 Å². The molecule has 0 heterocycles. The van der Waals surface area contributed by atoms with Gasteiger partial charge >= 0.3 is 0 Å². The number of ether oxygens (including phenoxy) is 1. The summed E-state index contributed by atoms with van der Waals surface area (Å²) >= 11 is 0. The summed E-state index contributed by atoms with van der Waals surface area (Å²) in [6.07, 6.45) is 0. The summed E-state index contributed by atoms with van der Waals surface area (Å²) < 4.78 is 30.1. The smallest absolute Gasteiger partial charge is 0.215 e. The molecule has 17 heavy (non-hydrogen) atoms. The second-order valence-electron chi connectivity index (χ2n) is 3.32. The molecule has 0 aliphatic carbocycles. The molecule has 96 valence electrons. The van der Waals surface area contributed by atoms with Gasteiger partial charge in [0.25, 0.3) is 0 Å². The number of aliphatic hydroxyl groups is 1. The van der Waals surface area contributed by atoms with Crippen molar-refractivity contribution in [3.63, 3.8) is 0 Å². The number of nitrogens with two attached hydrogens (primary N) is 1. The van der Waals surface area contributed by atoms with Gasteiger partial charge in [-0.1, -0.05) is 12.1 Å². The zero-order valence-corrected chi connectivity index (χ0v) is 10.1. The molecule has 6 nitrogen and oxygen atoms in total. The van der Waals surface area contributed by atoms with Crippen molar-refractivity contribution in [2.75, 3.05) is 31.2 Å². The van der Waals surface area contributed by atoms with E-state index in [4.69, 9.17) is 15.6 Å². The Balaban J connectivity index is 2.40. The van der Waals surface area contributed by atoms with Crippen LogP contribution < -0.4 is 15.2 Å². The van der Waals surface area contributed by atoms with E-state index in [1.54, 1.807) is 24.3 Å². The molecule has 0 spiro atoms. The number of benzene rings is 1. The maximum Gasteiger partial charge on any atom is 0.215 e. The predicted octanol–water partition coefficient (Wildman–Crippen LogP) is -0.441. The van der Waals surface area contributed by atoms with E-state index in [9.17, 15) is 8.42 Å². The van der Waals surface area contributed by atoms with Gasteiger partial charge in [-0.2, -0.15) is 0 Å². The molecular formula is C10H16N2O4S. The highest BCUT2D eigenvalue weighted by Gasteiger charge is 2.09. The van der Waals surface area contributed by atoms with E-state index < -0.39 is 10.0 Å². The predicted molar refractivity (Wildman–Crippen MR) is 65.2 cm³/mol. The summed E-state index contributed by atoms with van der Waals surface area (Å²) in [7, 11) is -3.40. The average Bonchev–Trinajstić information content (AvgIpc) is 2.29. The number of anilines is 1. The fourth-order valence-electron chi connectivity index (χ4n) is 1.15. The molecule has 0 amide bonds. The molecule has 1 aromatic carbocycles. The standard InChI is InChI=1S/C10H16N2O4S/c11-9-3-1-2-4-10(9)16-7-8-17(14,15)12-5-6-13/h1-4,12-13H,5-8,11H2. The molecule has 0 saturated carbocycles. The van der Waals surface area contributed by atoms with Crippen molar-refractivity contribution >= 4 is 15.7 Å². The Morgan fingerprint density at radius 3 is 2.71 bits per heavy atom. The molecule has 0 unspecified atom stereocenters. The first-order valence-electron chi connectivity index (χ1n) is 5.10. The van der Waals surface area contributed by atoms with E-state index in [0.717, 1.165) is 0 Å². The van der Waals surface area contributed by atoms with Crippen LogP contribution in [0.1, 0.15) is 0 Å². The molecule has 7 heteroatoms. The maximum atomic E-state index is 11.3. The van der Waals surface area contributed by atoms with Crippen molar-refractivity contribution < 1.29 is 18.3 Å². The molecular weight excluding hydrogens is 244 g/mol. The van der Waals surface area contributed by atoms with Gasteiger partial charge in [0, 0.05) is 6.54 Å². The van der Waals surface area contributed by atoms with Gasteiger partial charge in [0.1, 0.15) is 12.4 Å². The maximum absolute atomic E-state index is 11.3. The van der Waals surface area contributed by atoms with Crippen molar-refractivity contribution in [3.8, 4) is 5.75 Å². The van der Waals surface area contributed by atoms with Crippen LogP contribution in [0.15, 0.2) is 24.3 Å².